The van der Waals surface area contributed by atoms with Crippen LogP contribution >= 0.6 is 11.8 Å². The number of pyridine rings is 1. The summed E-state index contributed by atoms with van der Waals surface area (Å²) in [5, 5.41) is 11.6. The van der Waals surface area contributed by atoms with Crippen LogP contribution in [0.1, 0.15) is 22.1 Å². The zero-order valence-corrected chi connectivity index (χ0v) is 25.7. The van der Waals surface area contributed by atoms with E-state index in [1.165, 1.54) is 16.3 Å². The van der Waals surface area contributed by atoms with Crippen molar-refractivity contribution in [2.75, 3.05) is 10.7 Å². The summed E-state index contributed by atoms with van der Waals surface area (Å²) in [5.41, 5.74) is 8.11. The van der Waals surface area contributed by atoms with E-state index in [0.29, 0.717) is 10.9 Å². The van der Waals surface area contributed by atoms with Crippen LogP contribution in [0.2, 0.25) is 0 Å². The molecule has 0 radical (unpaired) electrons. The van der Waals surface area contributed by atoms with Gasteiger partial charge in [-0.3, -0.25) is 9.59 Å². The molecule has 8 aromatic rings. The van der Waals surface area contributed by atoms with Crippen molar-refractivity contribution in [2.45, 2.75) is 19.2 Å². The zero-order valence-electron chi connectivity index (χ0n) is 24.9. The lowest BCUT2D eigenvalue weighted by atomic mass is 10.0. The fourth-order valence-electron chi connectivity index (χ4n) is 6.67. The van der Waals surface area contributed by atoms with E-state index >= 15 is 0 Å². The summed E-state index contributed by atoms with van der Waals surface area (Å²) in [4.78, 5) is 36.4. The molecule has 0 aliphatic carbocycles. The van der Waals surface area contributed by atoms with Gasteiger partial charge in [-0.2, -0.15) is 0 Å². The quantitative estimate of drug-likeness (QED) is 0.210. The highest BCUT2D eigenvalue weighted by Gasteiger charge is 2.40. The Labute approximate surface area is 265 Å². The van der Waals surface area contributed by atoms with Crippen LogP contribution in [0, 0.1) is 13.8 Å². The summed E-state index contributed by atoms with van der Waals surface area (Å²) in [6.45, 7) is 4.07. The molecule has 9 rings (SSSR count). The van der Waals surface area contributed by atoms with Crippen molar-refractivity contribution in [3.8, 4) is 17.3 Å². The minimum absolute atomic E-state index is 0.000312. The van der Waals surface area contributed by atoms with Gasteiger partial charge in [-0.1, -0.05) is 82.0 Å². The summed E-state index contributed by atoms with van der Waals surface area (Å²) in [7, 11) is 0. The number of amides is 1. The molecule has 4 aromatic carbocycles. The van der Waals surface area contributed by atoms with Gasteiger partial charge in [-0.05, 0) is 49.7 Å². The molecule has 1 saturated heterocycles. The molecule has 10 heteroatoms. The number of hydrogen-bond acceptors (Lipinski definition) is 6. The summed E-state index contributed by atoms with van der Waals surface area (Å²) in [5.74, 6) is 0.0988. The van der Waals surface area contributed by atoms with Gasteiger partial charge in [0.05, 0.1) is 22.5 Å². The first-order valence-corrected chi connectivity index (χ1v) is 16.0. The van der Waals surface area contributed by atoms with Crippen LogP contribution in [0.3, 0.4) is 0 Å². The number of fused-ring (bicyclic) bond motifs is 6. The number of nitrogens with zero attached hydrogens (tertiary/aromatic N) is 4. The van der Waals surface area contributed by atoms with Gasteiger partial charge < -0.3 is 14.4 Å². The SMILES string of the molecule is Cc1ccc2[nH]c(-c3ccccc3)c(C3SCC(=O)N3c3nnc(-n4c(=O)c5ccccc5c5[nH]c6ccc(C)cc6c54)o3)c2c1. The lowest BCUT2D eigenvalue weighted by Gasteiger charge is -2.21. The smallest absolute Gasteiger partial charge is 0.331 e. The van der Waals surface area contributed by atoms with Gasteiger partial charge in [0.2, 0.25) is 5.91 Å². The van der Waals surface area contributed by atoms with Gasteiger partial charge in [0, 0.05) is 38.1 Å². The standard InChI is InChI=1S/C36H26N6O3S/c1-19-12-14-26-24(16-19)29(30(37-26)21-8-4-3-5-9-21)34-41(28(43)18-46-34)35-39-40-36(45-35)42-32-25-17-20(2)13-15-27(25)38-31(32)22-10-6-7-11-23(22)33(42)44/h3-17,34,37-38H,18H2,1-2H3. The normalized spacial score (nSPS) is 15.3. The topological polar surface area (TPSA) is 113 Å². The highest BCUT2D eigenvalue weighted by molar-refractivity contribution is 8.00. The maximum Gasteiger partial charge on any atom is 0.331 e. The Kier molecular flexibility index (Phi) is 5.79. The molecule has 224 valence electrons. The van der Waals surface area contributed by atoms with Crippen molar-refractivity contribution in [1.29, 1.82) is 0 Å². The molecule has 0 spiro atoms. The second-order valence-electron chi connectivity index (χ2n) is 11.7. The monoisotopic (exact) mass is 622 g/mol. The average molecular weight is 623 g/mol. The van der Waals surface area contributed by atoms with Crippen LogP contribution in [-0.4, -0.2) is 36.4 Å². The number of rotatable bonds is 4. The third-order valence-electron chi connectivity index (χ3n) is 8.75. The number of aryl methyl sites for hydroxylation is 2. The van der Waals surface area contributed by atoms with E-state index in [2.05, 4.69) is 57.4 Å². The third-order valence-corrected chi connectivity index (χ3v) is 9.93. The number of hydrogen-bond donors (Lipinski definition) is 2. The van der Waals surface area contributed by atoms with Crippen LogP contribution < -0.4 is 10.5 Å². The lowest BCUT2D eigenvalue weighted by molar-refractivity contribution is -0.116. The second kappa shape index (κ2) is 9.95. The molecule has 1 amide bonds. The minimum Gasteiger partial charge on any atom is -0.388 e. The van der Waals surface area contributed by atoms with Crippen molar-refractivity contribution >= 4 is 67.3 Å². The Hall–Kier alpha value is -5.61. The average Bonchev–Trinajstić information content (AvgIpc) is 3.86. The number of H-pyrrole nitrogens is 2. The molecule has 1 unspecified atom stereocenters. The van der Waals surface area contributed by atoms with Crippen LogP contribution in [0.25, 0.3) is 60.9 Å². The summed E-state index contributed by atoms with van der Waals surface area (Å²) in [6, 6.07) is 30.0. The highest BCUT2D eigenvalue weighted by atomic mass is 32.2. The number of carbonyl (C=O) groups is 1. The molecule has 4 aromatic heterocycles. The van der Waals surface area contributed by atoms with Crippen molar-refractivity contribution in [3.63, 3.8) is 0 Å². The second-order valence-corrected chi connectivity index (χ2v) is 12.8. The largest absolute Gasteiger partial charge is 0.388 e. The van der Waals surface area contributed by atoms with E-state index in [9.17, 15) is 9.59 Å². The van der Waals surface area contributed by atoms with Gasteiger partial charge in [0.25, 0.3) is 5.56 Å². The van der Waals surface area contributed by atoms with E-state index < -0.39 is 5.37 Å². The van der Waals surface area contributed by atoms with Crippen molar-refractivity contribution in [3.05, 3.63) is 118 Å². The molecule has 9 nitrogen and oxygen atoms in total. The van der Waals surface area contributed by atoms with Gasteiger partial charge in [-0.15, -0.1) is 11.8 Å². The molecule has 5 heterocycles. The van der Waals surface area contributed by atoms with Gasteiger partial charge in [0.1, 0.15) is 5.37 Å². The Morgan fingerprint density at radius 2 is 1.43 bits per heavy atom. The molecular weight excluding hydrogens is 597 g/mol. The van der Waals surface area contributed by atoms with Crippen LogP contribution in [-0.2, 0) is 4.79 Å². The van der Waals surface area contributed by atoms with E-state index in [-0.39, 0.29) is 29.2 Å². The van der Waals surface area contributed by atoms with Crippen molar-refractivity contribution in [1.82, 2.24) is 24.7 Å². The maximum atomic E-state index is 14.1. The Bertz CT molecular complexity index is 2580. The van der Waals surface area contributed by atoms with E-state index in [1.807, 2.05) is 61.5 Å². The first-order valence-electron chi connectivity index (χ1n) is 15.0. The maximum absolute atomic E-state index is 14.1. The molecule has 1 aliphatic heterocycles. The predicted molar refractivity (Wildman–Crippen MR) is 183 cm³/mol. The van der Waals surface area contributed by atoms with E-state index in [1.54, 1.807) is 11.0 Å². The fraction of sp³-hybridized carbons (Fsp3) is 0.111. The first-order chi connectivity index (χ1) is 22.5. The Balaban J connectivity index is 1.25. The number of thioether (sulfide) groups is 1. The number of nitrogens with one attached hydrogen (secondary N) is 2. The number of carbonyl (C=O) groups excluding carboxylic acids is 1. The molecule has 1 atom stereocenters. The number of aromatic amines is 2. The molecule has 1 aliphatic rings. The van der Waals surface area contributed by atoms with Crippen molar-refractivity contribution in [2.24, 2.45) is 0 Å². The molecule has 2 N–H and O–H groups in total. The Morgan fingerprint density at radius 1 is 0.761 bits per heavy atom. The van der Waals surface area contributed by atoms with Crippen LogP contribution in [0.15, 0.2) is 100 Å². The number of benzene rings is 4. The van der Waals surface area contributed by atoms with Gasteiger partial charge >= 0.3 is 12.0 Å². The summed E-state index contributed by atoms with van der Waals surface area (Å²) < 4.78 is 7.80. The number of anilines is 1. The van der Waals surface area contributed by atoms with Crippen LogP contribution in [0.4, 0.5) is 6.01 Å². The fourth-order valence-corrected chi connectivity index (χ4v) is 7.87. The minimum atomic E-state index is -0.435. The van der Waals surface area contributed by atoms with Gasteiger partial charge in [0.15, 0.2) is 0 Å². The van der Waals surface area contributed by atoms with Crippen molar-refractivity contribution < 1.29 is 9.21 Å². The van der Waals surface area contributed by atoms with Gasteiger partial charge in [-0.25, -0.2) is 9.47 Å². The third kappa shape index (κ3) is 3.89. The molecule has 46 heavy (non-hydrogen) atoms. The Morgan fingerprint density at radius 3 is 2.22 bits per heavy atom. The predicted octanol–water partition coefficient (Wildman–Crippen LogP) is 7.55. The lowest BCUT2D eigenvalue weighted by Crippen LogP contribution is -2.28. The molecule has 0 saturated carbocycles. The molecule has 0 bridgehead atoms. The first kappa shape index (κ1) is 26.8. The zero-order chi connectivity index (χ0) is 31.1. The van der Waals surface area contributed by atoms with E-state index in [0.717, 1.165) is 60.7 Å². The molecule has 1 fully saturated rings. The molecular formula is C36H26N6O3S. The summed E-state index contributed by atoms with van der Waals surface area (Å²) in [6.07, 6.45) is 0. The highest BCUT2D eigenvalue weighted by Crippen LogP contribution is 2.48. The van der Waals surface area contributed by atoms with Crippen LogP contribution in [0.5, 0.6) is 0 Å². The summed E-state index contributed by atoms with van der Waals surface area (Å²) >= 11 is 1.51. The van der Waals surface area contributed by atoms with E-state index in [4.69, 9.17) is 4.42 Å². The number of aromatic nitrogens is 5.